The standard InChI is InChI=1S/C14H19FN2O3/c1-4-9(2)12(13(18)20-3)17-14(19)16-11-8-6-5-7-10(11)15/h5-9,12H,4H2,1-3H3,(H2,16,17,19)/t9-,12+/m0/s1. The van der Waals surface area contributed by atoms with Gasteiger partial charge in [0.15, 0.2) is 0 Å². The Morgan fingerprint density at radius 2 is 2.00 bits per heavy atom. The van der Waals surface area contributed by atoms with Crippen molar-refractivity contribution in [2.24, 2.45) is 5.92 Å². The second kappa shape index (κ2) is 7.47. The summed E-state index contributed by atoms with van der Waals surface area (Å²) < 4.78 is 18.1. The quantitative estimate of drug-likeness (QED) is 0.815. The Morgan fingerprint density at radius 1 is 1.35 bits per heavy atom. The Hall–Kier alpha value is -2.11. The van der Waals surface area contributed by atoms with Gasteiger partial charge >= 0.3 is 12.0 Å². The van der Waals surface area contributed by atoms with Gasteiger partial charge in [0, 0.05) is 0 Å². The average molecular weight is 282 g/mol. The molecule has 2 atom stereocenters. The third kappa shape index (κ3) is 4.22. The molecule has 0 saturated heterocycles. The first-order valence-electron chi connectivity index (χ1n) is 6.39. The zero-order valence-corrected chi connectivity index (χ0v) is 11.8. The summed E-state index contributed by atoms with van der Waals surface area (Å²) in [6.07, 6.45) is 0.694. The number of hydrogen-bond donors (Lipinski definition) is 2. The van der Waals surface area contributed by atoms with Gasteiger partial charge < -0.3 is 15.4 Å². The van der Waals surface area contributed by atoms with Gasteiger partial charge in [-0.1, -0.05) is 32.4 Å². The Balaban J connectivity index is 2.72. The third-order valence-corrected chi connectivity index (χ3v) is 3.08. The van der Waals surface area contributed by atoms with Gasteiger partial charge in [0.2, 0.25) is 0 Å². The fourth-order valence-electron chi connectivity index (χ4n) is 1.66. The molecule has 1 aromatic carbocycles. The van der Waals surface area contributed by atoms with Crippen LogP contribution in [0.25, 0.3) is 0 Å². The molecule has 0 fully saturated rings. The van der Waals surface area contributed by atoms with Crippen LogP contribution in [-0.4, -0.2) is 25.2 Å². The number of methoxy groups -OCH3 is 1. The van der Waals surface area contributed by atoms with Crippen molar-refractivity contribution in [3.05, 3.63) is 30.1 Å². The zero-order valence-electron chi connectivity index (χ0n) is 11.8. The largest absolute Gasteiger partial charge is 0.467 e. The fraction of sp³-hybridized carbons (Fsp3) is 0.429. The highest BCUT2D eigenvalue weighted by molar-refractivity contribution is 5.92. The lowest BCUT2D eigenvalue weighted by Crippen LogP contribution is -2.47. The van der Waals surface area contributed by atoms with E-state index in [-0.39, 0.29) is 11.6 Å². The van der Waals surface area contributed by atoms with Crippen LogP contribution in [0.1, 0.15) is 20.3 Å². The topological polar surface area (TPSA) is 67.4 Å². The van der Waals surface area contributed by atoms with E-state index in [0.717, 1.165) is 0 Å². The summed E-state index contributed by atoms with van der Waals surface area (Å²) in [6, 6.07) is 4.38. The molecule has 0 heterocycles. The Bertz CT molecular complexity index is 479. The van der Waals surface area contributed by atoms with Crippen molar-refractivity contribution < 1.29 is 18.7 Å². The van der Waals surface area contributed by atoms with Crippen molar-refractivity contribution in [1.82, 2.24) is 5.32 Å². The smallest absolute Gasteiger partial charge is 0.328 e. The van der Waals surface area contributed by atoms with E-state index in [4.69, 9.17) is 0 Å². The first kappa shape index (κ1) is 15.9. The molecule has 1 aromatic rings. The van der Waals surface area contributed by atoms with E-state index >= 15 is 0 Å². The molecule has 0 aliphatic rings. The van der Waals surface area contributed by atoms with Gasteiger partial charge in [-0.2, -0.15) is 0 Å². The summed E-state index contributed by atoms with van der Waals surface area (Å²) in [5.41, 5.74) is 0.0535. The number of amides is 2. The molecule has 5 nitrogen and oxygen atoms in total. The number of halogens is 1. The van der Waals surface area contributed by atoms with Gasteiger partial charge in [-0.25, -0.2) is 14.0 Å². The average Bonchev–Trinajstić information content (AvgIpc) is 2.45. The second-order valence-corrected chi connectivity index (χ2v) is 4.46. The lowest BCUT2D eigenvalue weighted by atomic mass is 9.99. The molecule has 0 aliphatic carbocycles. The predicted molar refractivity (Wildman–Crippen MR) is 73.8 cm³/mol. The minimum atomic E-state index is -0.767. The maximum atomic E-state index is 13.4. The highest BCUT2D eigenvalue weighted by Crippen LogP contribution is 2.13. The SMILES string of the molecule is CC[C@H](C)[C@@H](NC(=O)Nc1ccccc1F)C(=O)OC. The highest BCUT2D eigenvalue weighted by atomic mass is 19.1. The van der Waals surface area contributed by atoms with Crippen LogP contribution >= 0.6 is 0 Å². The Labute approximate surface area is 117 Å². The molecule has 110 valence electrons. The molecule has 2 N–H and O–H groups in total. The van der Waals surface area contributed by atoms with E-state index in [1.54, 1.807) is 6.07 Å². The van der Waals surface area contributed by atoms with E-state index in [0.29, 0.717) is 6.42 Å². The highest BCUT2D eigenvalue weighted by Gasteiger charge is 2.26. The summed E-state index contributed by atoms with van der Waals surface area (Å²) >= 11 is 0. The number of esters is 1. The molecule has 0 bridgehead atoms. The van der Waals surface area contributed by atoms with Crippen LogP contribution in [0.4, 0.5) is 14.9 Å². The molecule has 1 rings (SSSR count). The van der Waals surface area contributed by atoms with Gasteiger partial charge in [-0.15, -0.1) is 0 Å². The molecular weight excluding hydrogens is 263 g/mol. The van der Waals surface area contributed by atoms with E-state index in [1.807, 2.05) is 13.8 Å². The van der Waals surface area contributed by atoms with Crippen LogP contribution in [0.15, 0.2) is 24.3 Å². The number of hydrogen-bond acceptors (Lipinski definition) is 3. The third-order valence-electron chi connectivity index (χ3n) is 3.08. The van der Waals surface area contributed by atoms with Crippen molar-refractivity contribution in [2.75, 3.05) is 12.4 Å². The summed E-state index contributed by atoms with van der Waals surface area (Å²) in [5.74, 6) is -1.15. The van der Waals surface area contributed by atoms with Gasteiger partial charge in [-0.3, -0.25) is 0 Å². The number of ether oxygens (including phenoxy) is 1. The lowest BCUT2D eigenvalue weighted by molar-refractivity contribution is -0.144. The number of rotatable bonds is 5. The van der Waals surface area contributed by atoms with E-state index in [2.05, 4.69) is 15.4 Å². The van der Waals surface area contributed by atoms with Crippen LogP contribution in [0.2, 0.25) is 0 Å². The summed E-state index contributed by atoms with van der Waals surface area (Å²) in [5, 5.41) is 4.87. The molecule has 0 radical (unpaired) electrons. The number of carbonyl (C=O) groups excluding carboxylic acids is 2. The van der Waals surface area contributed by atoms with E-state index in [1.165, 1.54) is 25.3 Å². The minimum absolute atomic E-state index is 0.0535. The molecule has 2 amide bonds. The number of para-hydroxylation sites is 1. The lowest BCUT2D eigenvalue weighted by Gasteiger charge is -2.22. The number of anilines is 1. The Morgan fingerprint density at radius 3 is 2.55 bits per heavy atom. The molecule has 6 heteroatoms. The van der Waals surface area contributed by atoms with Gasteiger partial charge in [0.1, 0.15) is 11.9 Å². The molecular formula is C14H19FN2O3. The van der Waals surface area contributed by atoms with Crippen molar-refractivity contribution in [3.8, 4) is 0 Å². The zero-order chi connectivity index (χ0) is 15.1. The second-order valence-electron chi connectivity index (χ2n) is 4.46. The van der Waals surface area contributed by atoms with Crippen molar-refractivity contribution in [2.45, 2.75) is 26.3 Å². The van der Waals surface area contributed by atoms with Crippen molar-refractivity contribution >= 4 is 17.7 Å². The number of benzene rings is 1. The van der Waals surface area contributed by atoms with E-state index in [9.17, 15) is 14.0 Å². The maximum Gasteiger partial charge on any atom is 0.328 e. The molecule has 0 unspecified atom stereocenters. The summed E-state index contributed by atoms with van der Waals surface area (Å²) in [4.78, 5) is 23.4. The first-order chi connectivity index (χ1) is 9.49. The number of nitrogens with one attached hydrogen (secondary N) is 2. The van der Waals surface area contributed by atoms with Crippen LogP contribution in [0.5, 0.6) is 0 Å². The summed E-state index contributed by atoms with van der Waals surface area (Å²) in [6.45, 7) is 3.72. The monoisotopic (exact) mass is 282 g/mol. The van der Waals surface area contributed by atoms with Gasteiger partial charge in [0.25, 0.3) is 0 Å². The van der Waals surface area contributed by atoms with Crippen molar-refractivity contribution in [1.29, 1.82) is 0 Å². The Kier molecular flexibility index (Phi) is 5.96. The van der Waals surface area contributed by atoms with Gasteiger partial charge in [0.05, 0.1) is 12.8 Å². The number of carbonyl (C=O) groups is 2. The minimum Gasteiger partial charge on any atom is -0.467 e. The predicted octanol–water partition coefficient (Wildman–Crippen LogP) is 2.53. The fourth-order valence-corrected chi connectivity index (χ4v) is 1.66. The normalized spacial score (nSPS) is 13.2. The van der Waals surface area contributed by atoms with Crippen molar-refractivity contribution in [3.63, 3.8) is 0 Å². The van der Waals surface area contributed by atoms with Crippen LogP contribution < -0.4 is 10.6 Å². The van der Waals surface area contributed by atoms with Gasteiger partial charge in [-0.05, 0) is 18.1 Å². The molecule has 0 saturated carbocycles. The molecule has 0 spiro atoms. The molecule has 20 heavy (non-hydrogen) atoms. The van der Waals surface area contributed by atoms with Crippen LogP contribution in [-0.2, 0) is 9.53 Å². The number of urea groups is 1. The first-order valence-corrected chi connectivity index (χ1v) is 6.39. The maximum absolute atomic E-state index is 13.4. The van der Waals surface area contributed by atoms with Crippen LogP contribution in [0.3, 0.4) is 0 Å². The summed E-state index contributed by atoms with van der Waals surface area (Å²) in [7, 11) is 1.26. The van der Waals surface area contributed by atoms with E-state index < -0.39 is 23.9 Å². The molecule has 0 aromatic heterocycles. The van der Waals surface area contributed by atoms with Crippen LogP contribution in [0, 0.1) is 11.7 Å². The molecule has 0 aliphatic heterocycles.